The molecule has 0 aliphatic rings. The topological polar surface area (TPSA) is 124 Å². The number of hydrogen-bond acceptors (Lipinski definition) is 6. The van der Waals surface area contributed by atoms with Gasteiger partial charge in [-0.3, -0.25) is 0 Å². The van der Waals surface area contributed by atoms with E-state index in [1.54, 1.807) is 31.5 Å². The standard InChI is InChI=1S/C14H20N7O3/c1-12(16-15-10-14(23)20-6-7-21(24)11-20)17-18-13-2-4-19(5-3-13)8-9-22/h2-7,11,14,22-24H,8-10H2,1H3/q+1. The third kappa shape index (κ3) is 5.41. The van der Waals surface area contributed by atoms with Crippen LogP contribution in [-0.2, 0) is 6.54 Å². The second-order valence-corrected chi connectivity index (χ2v) is 4.91. The molecule has 128 valence electrons. The van der Waals surface area contributed by atoms with E-state index >= 15 is 0 Å². The average molecular weight is 334 g/mol. The van der Waals surface area contributed by atoms with Gasteiger partial charge in [0, 0.05) is 18.9 Å². The van der Waals surface area contributed by atoms with E-state index in [-0.39, 0.29) is 13.2 Å². The molecule has 2 heterocycles. The van der Waals surface area contributed by atoms with Crippen LogP contribution in [-0.4, -0.2) is 43.7 Å². The molecule has 0 saturated carbocycles. The molecule has 2 aromatic heterocycles. The summed E-state index contributed by atoms with van der Waals surface area (Å²) in [5.74, 6) is 0.346. The highest BCUT2D eigenvalue weighted by Crippen LogP contribution is 1.93. The zero-order valence-corrected chi connectivity index (χ0v) is 13.2. The van der Waals surface area contributed by atoms with Crippen LogP contribution in [0.25, 0.3) is 0 Å². The molecule has 10 heteroatoms. The SMILES string of the molecule is CC(N=NCC(O)[n+]1ccn(O)c1)=NN=c1ccn(CCO)cc1. The zero-order valence-electron chi connectivity index (χ0n) is 13.2. The van der Waals surface area contributed by atoms with Gasteiger partial charge in [0.2, 0.25) is 6.23 Å². The molecule has 2 aromatic rings. The van der Waals surface area contributed by atoms with Crippen LogP contribution >= 0.6 is 0 Å². The summed E-state index contributed by atoms with van der Waals surface area (Å²) in [4.78, 5) is 0. The van der Waals surface area contributed by atoms with Crippen LogP contribution in [0.2, 0.25) is 0 Å². The summed E-state index contributed by atoms with van der Waals surface area (Å²) < 4.78 is 4.05. The van der Waals surface area contributed by atoms with E-state index in [0.29, 0.717) is 17.7 Å². The Morgan fingerprint density at radius 2 is 2.04 bits per heavy atom. The van der Waals surface area contributed by atoms with Crippen LogP contribution in [0.1, 0.15) is 13.2 Å². The molecule has 1 unspecified atom stereocenters. The fourth-order valence-electron chi connectivity index (χ4n) is 1.78. The first kappa shape index (κ1) is 17.5. The van der Waals surface area contributed by atoms with Gasteiger partial charge in [-0.05, 0) is 19.1 Å². The lowest BCUT2D eigenvalue weighted by atomic mass is 10.4. The molecule has 0 aliphatic heterocycles. The van der Waals surface area contributed by atoms with Crippen molar-refractivity contribution in [2.45, 2.75) is 19.7 Å². The molecule has 3 N–H and O–H groups in total. The molecule has 0 fully saturated rings. The second kappa shape index (κ2) is 8.70. The van der Waals surface area contributed by atoms with Crippen molar-refractivity contribution in [1.82, 2.24) is 9.30 Å². The minimum absolute atomic E-state index is 0.0219. The van der Waals surface area contributed by atoms with Gasteiger partial charge < -0.3 is 20.0 Å². The number of nitrogens with zero attached hydrogens (tertiary/aromatic N) is 7. The number of azo groups is 1. The van der Waals surface area contributed by atoms with Crippen LogP contribution in [0.3, 0.4) is 0 Å². The highest BCUT2D eigenvalue weighted by atomic mass is 16.5. The molecular formula is C14H20N7O3+. The molecule has 0 bridgehead atoms. The Morgan fingerprint density at radius 1 is 1.29 bits per heavy atom. The van der Waals surface area contributed by atoms with Crippen LogP contribution in [0, 0.1) is 0 Å². The predicted molar refractivity (Wildman–Crippen MR) is 83.0 cm³/mol. The summed E-state index contributed by atoms with van der Waals surface area (Å²) >= 11 is 0. The largest absolute Gasteiger partial charge is 0.395 e. The molecule has 0 amide bonds. The minimum Gasteiger partial charge on any atom is -0.395 e. The predicted octanol–water partition coefficient (Wildman–Crippen LogP) is -0.316. The summed E-state index contributed by atoms with van der Waals surface area (Å²) in [6.07, 6.45) is 6.87. The Bertz CT molecular complexity index is 758. The fraction of sp³-hybridized carbons (Fsp3) is 0.357. The van der Waals surface area contributed by atoms with Crippen LogP contribution in [0.4, 0.5) is 0 Å². The maximum absolute atomic E-state index is 9.83. The molecule has 0 aliphatic carbocycles. The van der Waals surface area contributed by atoms with Gasteiger partial charge >= 0.3 is 0 Å². The first-order valence-electron chi connectivity index (χ1n) is 7.27. The van der Waals surface area contributed by atoms with Gasteiger partial charge in [-0.1, -0.05) is 4.73 Å². The Hall–Kier alpha value is -2.85. The first-order valence-corrected chi connectivity index (χ1v) is 7.27. The third-order valence-electron chi connectivity index (χ3n) is 2.99. The van der Waals surface area contributed by atoms with Crippen molar-refractivity contribution < 1.29 is 20.0 Å². The lowest BCUT2D eigenvalue weighted by Gasteiger charge is -2.01. The maximum Gasteiger partial charge on any atom is 0.286 e. The van der Waals surface area contributed by atoms with Gasteiger partial charge in [-0.25, -0.2) is 4.57 Å². The Labute approximate surface area is 138 Å². The van der Waals surface area contributed by atoms with Gasteiger partial charge in [-0.2, -0.15) is 5.11 Å². The zero-order chi connectivity index (χ0) is 17.4. The van der Waals surface area contributed by atoms with Crippen LogP contribution < -0.4 is 9.92 Å². The van der Waals surface area contributed by atoms with Crippen molar-refractivity contribution in [3.8, 4) is 0 Å². The average Bonchev–Trinajstić information content (AvgIpc) is 3.01. The lowest BCUT2D eigenvalue weighted by Crippen LogP contribution is -2.39. The normalized spacial score (nSPS) is 13.4. The van der Waals surface area contributed by atoms with E-state index in [1.807, 2.05) is 4.57 Å². The molecular weight excluding hydrogens is 314 g/mol. The van der Waals surface area contributed by atoms with Gasteiger partial charge in [-0.15, -0.1) is 15.3 Å². The monoisotopic (exact) mass is 334 g/mol. The van der Waals surface area contributed by atoms with Crippen molar-refractivity contribution in [2.24, 2.45) is 20.4 Å². The summed E-state index contributed by atoms with van der Waals surface area (Å²) in [7, 11) is 0. The number of aliphatic hydroxyl groups is 2. The lowest BCUT2D eigenvalue weighted by molar-refractivity contribution is -0.757. The van der Waals surface area contributed by atoms with E-state index < -0.39 is 6.23 Å². The second-order valence-electron chi connectivity index (χ2n) is 4.91. The summed E-state index contributed by atoms with van der Waals surface area (Å²) in [5.41, 5.74) is 0. The molecule has 24 heavy (non-hydrogen) atoms. The molecule has 2 rings (SSSR count). The van der Waals surface area contributed by atoms with Gasteiger partial charge in [0.1, 0.15) is 12.7 Å². The maximum atomic E-state index is 9.83. The smallest absolute Gasteiger partial charge is 0.286 e. The Kier molecular flexibility index (Phi) is 6.34. The molecule has 10 nitrogen and oxygen atoms in total. The van der Waals surface area contributed by atoms with Crippen molar-refractivity contribution in [1.29, 1.82) is 0 Å². The summed E-state index contributed by atoms with van der Waals surface area (Å²) in [6, 6.07) is 3.53. The van der Waals surface area contributed by atoms with E-state index in [9.17, 15) is 5.11 Å². The number of amidine groups is 1. The summed E-state index contributed by atoms with van der Waals surface area (Å²) in [5, 5.41) is 44.1. The molecule has 1 atom stereocenters. The van der Waals surface area contributed by atoms with Crippen LogP contribution in [0.15, 0.2) is 63.7 Å². The number of aromatic nitrogens is 3. The molecule has 0 aromatic carbocycles. The molecule has 0 radical (unpaired) electrons. The third-order valence-corrected chi connectivity index (χ3v) is 2.99. The van der Waals surface area contributed by atoms with E-state index in [1.165, 1.54) is 23.3 Å². The van der Waals surface area contributed by atoms with Crippen molar-refractivity contribution in [2.75, 3.05) is 13.2 Å². The van der Waals surface area contributed by atoms with E-state index in [2.05, 4.69) is 20.4 Å². The first-order chi connectivity index (χ1) is 11.6. The highest BCUT2D eigenvalue weighted by molar-refractivity contribution is 5.79. The number of imidazole rings is 1. The number of rotatable bonds is 6. The van der Waals surface area contributed by atoms with Gasteiger partial charge in [0.05, 0.1) is 12.0 Å². The summed E-state index contributed by atoms with van der Waals surface area (Å²) in [6.45, 7) is 2.27. The fourth-order valence-corrected chi connectivity index (χ4v) is 1.78. The minimum atomic E-state index is -0.928. The quantitative estimate of drug-likeness (QED) is 0.167. The molecule has 0 spiro atoms. The van der Waals surface area contributed by atoms with Gasteiger partial charge in [0.15, 0.2) is 12.0 Å². The van der Waals surface area contributed by atoms with Crippen molar-refractivity contribution in [3.63, 3.8) is 0 Å². The number of pyridine rings is 1. The van der Waals surface area contributed by atoms with E-state index in [0.717, 1.165) is 4.73 Å². The Morgan fingerprint density at radius 3 is 2.67 bits per heavy atom. The van der Waals surface area contributed by atoms with Gasteiger partial charge in [0.25, 0.3) is 6.33 Å². The highest BCUT2D eigenvalue weighted by Gasteiger charge is 2.12. The number of hydrogen-bond donors (Lipinski definition) is 3. The van der Waals surface area contributed by atoms with Crippen molar-refractivity contribution >= 4 is 5.84 Å². The van der Waals surface area contributed by atoms with E-state index in [4.69, 9.17) is 10.3 Å². The van der Waals surface area contributed by atoms with Crippen LogP contribution in [0.5, 0.6) is 0 Å². The van der Waals surface area contributed by atoms with Crippen molar-refractivity contribution in [3.05, 3.63) is 48.6 Å². The molecule has 0 saturated heterocycles. The number of aliphatic hydroxyl groups excluding tert-OH is 2. The Balaban J connectivity index is 1.91.